The van der Waals surface area contributed by atoms with Gasteiger partial charge in [-0.25, -0.2) is 4.79 Å². The van der Waals surface area contributed by atoms with E-state index in [1.807, 2.05) is 6.07 Å². The third-order valence-corrected chi connectivity index (χ3v) is 4.51. The molecule has 0 spiro atoms. The van der Waals surface area contributed by atoms with Crippen molar-refractivity contribution in [3.05, 3.63) is 76.0 Å². The van der Waals surface area contributed by atoms with Crippen LogP contribution in [0.25, 0.3) is 6.08 Å². The van der Waals surface area contributed by atoms with Gasteiger partial charge in [-0.05, 0) is 55.0 Å². The Labute approximate surface area is 162 Å². The van der Waals surface area contributed by atoms with Gasteiger partial charge in [0, 0.05) is 16.4 Å². The first-order valence-corrected chi connectivity index (χ1v) is 8.59. The van der Waals surface area contributed by atoms with Crippen molar-refractivity contribution in [2.75, 3.05) is 19.1 Å². The molecule has 0 bridgehead atoms. The fourth-order valence-electron chi connectivity index (χ4n) is 2.99. The summed E-state index contributed by atoms with van der Waals surface area (Å²) in [5.41, 5.74) is 2.35. The summed E-state index contributed by atoms with van der Waals surface area (Å²) in [6.07, 6.45) is 1.65. The smallest absolute Gasteiger partial charge is 0.340 e. The van der Waals surface area contributed by atoms with Gasteiger partial charge in [0.15, 0.2) is 0 Å². The Balaban J connectivity index is 2.11. The van der Waals surface area contributed by atoms with Gasteiger partial charge in [-0.1, -0.05) is 23.7 Å². The Morgan fingerprint density at radius 3 is 2.41 bits per heavy atom. The number of hydrogen-bond acceptors (Lipinski definition) is 4. The molecule has 6 heteroatoms. The van der Waals surface area contributed by atoms with E-state index in [0.29, 0.717) is 22.2 Å². The van der Waals surface area contributed by atoms with Crippen molar-refractivity contribution in [2.24, 2.45) is 0 Å². The first-order chi connectivity index (χ1) is 13.0. The third-order valence-electron chi connectivity index (χ3n) is 4.28. The molecule has 3 rings (SSSR count). The molecule has 0 atom stereocenters. The topological polar surface area (TPSA) is 55.8 Å². The average molecular weight is 384 g/mol. The van der Waals surface area contributed by atoms with E-state index in [0.717, 1.165) is 5.56 Å². The summed E-state index contributed by atoms with van der Waals surface area (Å²) in [6, 6.07) is 14.1. The minimum Gasteiger partial charge on any atom is -0.497 e. The quantitative estimate of drug-likeness (QED) is 0.585. The Bertz CT molecular complexity index is 960. The fourth-order valence-corrected chi connectivity index (χ4v) is 3.18. The molecule has 2 aromatic carbocycles. The zero-order valence-corrected chi connectivity index (χ0v) is 15.9. The van der Waals surface area contributed by atoms with Gasteiger partial charge in [-0.3, -0.25) is 9.69 Å². The van der Waals surface area contributed by atoms with Gasteiger partial charge in [0.2, 0.25) is 0 Å². The Morgan fingerprint density at radius 1 is 1.11 bits per heavy atom. The molecule has 0 fully saturated rings. The number of esters is 1. The summed E-state index contributed by atoms with van der Waals surface area (Å²) in [4.78, 5) is 27.0. The van der Waals surface area contributed by atoms with Gasteiger partial charge in [0.1, 0.15) is 5.75 Å². The molecule has 0 saturated carbocycles. The summed E-state index contributed by atoms with van der Waals surface area (Å²) in [6.45, 7) is 1.72. The SMILES string of the molecule is COC(=O)C1=C(C)N(c2ccc(OC)cc2)C(=O)/C1=C\c1cccc(Cl)c1. The number of methoxy groups -OCH3 is 2. The second kappa shape index (κ2) is 7.68. The first-order valence-electron chi connectivity index (χ1n) is 8.21. The molecule has 138 valence electrons. The fraction of sp³-hybridized carbons (Fsp3) is 0.143. The Hall–Kier alpha value is -3.05. The van der Waals surface area contributed by atoms with E-state index in [4.69, 9.17) is 21.1 Å². The largest absolute Gasteiger partial charge is 0.497 e. The lowest BCUT2D eigenvalue weighted by molar-refractivity contribution is -0.136. The molecule has 0 unspecified atom stereocenters. The molecule has 0 N–H and O–H groups in total. The lowest BCUT2D eigenvalue weighted by atomic mass is 10.0. The summed E-state index contributed by atoms with van der Waals surface area (Å²) >= 11 is 6.03. The molecule has 2 aromatic rings. The van der Waals surface area contributed by atoms with E-state index < -0.39 is 5.97 Å². The van der Waals surface area contributed by atoms with Crippen LogP contribution in [-0.2, 0) is 14.3 Å². The molecule has 1 heterocycles. The number of ether oxygens (including phenoxy) is 2. The minimum atomic E-state index is -0.565. The van der Waals surface area contributed by atoms with Crippen LogP contribution >= 0.6 is 11.6 Å². The van der Waals surface area contributed by atoms with E-state index in [2.05, 4.69) is 0 Å². The van der Waals surface area contributed by atoms with Crippen molar-refractivity contribution in [3.8, 4) is 5.75 Å². The highest BCUT2D eigenvalue weighted by molar-refractivity contribution is 6.30. The molecule has 0 aromatic heterocycles. The highest BCUT2D eigenvalue weighted by Crippen LogP contribution is 2.36. The number of nitrogens with zero attached hydrogens (tertiary/aromatic N) is 1. The van der Waals surface area contributed by atoms with Crippen molar-refractivity contribution in [2.45, 2.75) is 6.92 Å². The number of benzene rings is 2. The summed E-state index contributed by atoms with van der Waals surface area (Å²) < 4.78 is 10.1. The average Bonchev–Trinajstić information content (AvgIpc) is 2.91. The molecule has 0 aliphatic carbocycles. The number of amides is 1. The summed E-state index contributed by atoms with van der Waals surface area (Å²) in [5, 5.41) is 0.544. The molecule has 5 nitrogen and oxygen atoms in total. The number of carbonyl (C=O) groups is 2. The first kappa shape index (κ1) is 18.7. The van der Waals surface area contributed by atoms with Crippen LogP contribution in [0.1, 0.15) is 12.5 Å². The van der Waals surface area contributed by atoms with Crippen molar-refractivity contribution in [1.29, 1.82) is 0 Å². The lowest BCUT2D eigenvalue weighted by Gasteiger charge is -2.18. The van der Waals surface area contributed by atoms with Crippen LogP contribution in [0.15, 0.2) is 65.4 Å². The second-order valence-electron chi connectivity index (χ2n) is 5.90. The summed E-state index contributed by atoms with van der Waals surface area (Å²) in [5.74, 6) is -0.196. The molecule has 1 aliphatic rings. The number of carbonyl (C=O) groups excluding carboxylic acids is 2. The molecule has 1 aliphatic heterocycles. The van der Waals surface area contributed by atoms with Crippen LogP contribution in [0, 0.1) is 0 Å². The molecule has 0 saturated heterocycles. The predicted octanol–water partition coefficient (Wildman–Crippen LogP) is 4.23. The predicted molar refractivity (Wildman–Crippen MR) is 105 cm³/mol. The van der Waals surface area contributed by atoms with E-state index in [1.165, 1.54) is 12.0 Å². The van der Waals surface area contributed by atoms with Gasteiger partial charge in [-0.2, -0.15) is 0 Å². The van der Waals surface area contributed by atoms with Crippen molar-refractivity contribution < 1.29 is 19.1 Å². The van der Waals surface area contributed by atoms with Gasteiger partial charge < -0.3 is 9.47 Å². The maximum atomic E-state index is 13.1. The highest BCUT2D eigenvalue weighted by atomic mass is 35.5. The van der Waals surface area contributed by atoms with Crippen molar-refractivity contribution >= 4 is 35.2 Å². The molecule has 27 heavy (non-hydrogen) atoms. The van der Waals surface area contributed by atoms with Crippen molar-refractivity contribution in [1.82, 2.24) is 0 Å². The zero-order valence-electron chi connectivity index (χ0n) is 15.2. The third kappa shape index (κ3) is 3.59. The molecule has 1 amide bonds. The zero-order chi connectivity index (χ0) is 19.6. The van der Waals surface area contributed by atoms with Crippen LogP contribution in [0.4, 0.5) is 5.69 Å². The van der Waals surface area contributed by atoms with E-state index >= 15 is 0 Å². The molecule has 0 radical (unpaired) electrons. The van der Waals surface area contributed by atoms with Crippen LogP contribution in [0.5, 0.6) is 5.75 Å². The van der Waals surface area contributed by atoms with Gasteiger partial charge in [-0.15, -0.1) is 0 Å². The van der Waals surface area contributed by atoms with Gasteiger partial charge in [0.25, 0.3) is 5.91 Å². The Morgan fingerprint density at radius 2 is 1.81 bits per heavy atom. The number of hydrogen-bond donors (Lipinski definition) is 0. The van der Waals surface area contributed by atoms with E-state index in [9.17, 15) is 9.59 Å². The van der Waals surface area contributed by atoms with E-state index in [-0.39, 0.29) is 17.1 Å². The highest BCUT2D eigenvalue weighted by Gasteiger charge is 2.37. The number of anilines is 1. The number of halogens is 1. The Kier molecular flexibility index (Phi) is 5.33. The van der Waals surface area contributed by atoms with E-state index in [1.54, 1.807) is 62.6 Å². The van der Waals surface area contributed by atoms with Gasteiger partial charge in [0.05, 0.1) is 25.4 Å². The van der Waals surface area contributed by atoms with Crippen LogP contribution < -0.4 is 9.64 Å². The normalized spacial score (nSPS) is 15.5. The lowest BCUT2D eigenvalue weighted by Crippen LogP contribution is -2.24. The number of rotatable bonds is 4. The standard InChI is InChI=1S/C21H18ClNO4/c1-13-19(21(25)27-3)18(12-14-5-4-6-15(22)11-14)20(24)23(13)16-7-9-17(26-2)10-8-16/h4-12H,1-3H3/b18-12-. The maximum Gasteiger partial charge on any atom is 0.340 e. The van der Waals surface area contributed by atoms with Crippen LogP contribution in [0.2, 0.25) is 5.02 Å². The van der Waals surface area contributed by atoms with Crippen LogP contribution in [0.3, 0.4) is 0 Å². The maximum absolute atomic E-state index is 13.1. The summed E-state index contributed by atoms with van der Waals surface area (Å²) in [7, 11) is 2.86. The van der Waals surface area contributed by atoms with Crippen molar-refractivity contribution in [3.63, 3.8) is 0 Å². The number of allylic oxidation sites excluding steroid dienone is 1. The molecular weight excluding hydrogens is 366 g/mol. The monoisotopic (exact) mass is 383 g/mol. The van der Waals surface area contributed by atoms with Crippen LogP contribution in [-0.4, -0.2) is 26.1 Å². The van der Waals surface area contributed by atoms with Gasteiger partial charge >= 0.3 is 5.97 Å². The molecular formula is C21H18ClNO4. The minimum absolute atomic E-state index is 0.235. The second-order valence-corrected chi connectivity index (χ2v) is 6.34.